The van der Waals surface area contributed by atoms with Gasteiger partial charge in [0.05, 0.1) is 4.92 Å². The van der Waals surface area contributed by atoms with Gasteiger partial charge in [0.1, 0.15) is 5.75 Å². The molecular formula is C18H20N2O4. The van der Waals surface area contributed by atoms with Gasteiger partial charge in [0.25, 0.3) is 11.6 Å². The van der Waals surface area contributed by atoms with Crippen LogP contribution in [0.2, 0.25) is 0 Å². The first-order valence-electron chi connectivity index (χ1n) is 7.84. The Hall–Kier alpha value is -2.89. The van der Waals surface area contributed by atoms with Gasteiger partial charge in [-0.05, 0) is 36.6 Å². The Balaban J connectivity index is 2.05. The third-order valence-electron chi connectivity index (χ3n) is 3.60. The molecule has 0 radical (unpaired) electrons. The number of hydrogen-bond acceptors (Lipinski definition) is 4. The zero-order valence-corrected chi connectivity index (χ0v) is 13.7. The molecule has 0 aliphatic carbocycles. The number of nitro benzene ring substituents is 1. The minimum atomic E-state index is -0.670. The van der Waals surface area contributed by atoms with Gasteiger partial charge in [-0.15, -0.1) is 0 Å². The van der Waals surface area contributed by atoms with Gasteiger partial charge < -0.3 is 10.1 Å². The summed E-state index contributed by atoms with van der Waals surface area (Å²) in [5.41, 5.74) is 1.49. The van der Waals surface area contributed by atoms with E-state index in [4.69, 9.17) is 4.74 Å². The number of carbonyl (C=O) groups is 1. The molecule has 2 rings (SSSR count). The highest BCUT2D eigenvalue weighted by molar-refractivity contribution is 5.94. The lowest BCUT2D eigenvalue weighted by Gasteiger charge is -2.17. The molecule has 0 spiro atoms. The van der Waals surface area contributed by atoms with E-state index >= 15 is 0 Å². The fraction of sp³-hybridized carbons (Fsp3) is 0.278. The molecule has 2 aromatic rings. The van der Waals surface area contributed by atoms with E-state index in [0.29, 0.717) is 17.9 Å². The number of non-ortho nitro benzene ring substituents is 1. The molecule has 6 heteroatoms. The lowest BCUT2D eigenvalue weighted by molar-refractivity contribution is -0.384. The molecular weight excluding hydrogens is 308 g/mol. The minimum Gasteiger partial charge on any atom is -0.481 e. The van der Waals surface area contributed by atoms with Crippen LogP contribution in [0.15, 0.2) is 48.5 Å². The maximum Gasteiger partial charge on any atom is 0.271 e. The predicted molar refractivity (Wildman–Crippen MR) is 92.3 cm³/mol. The molecule has 0 fully saturated rings. The number of anilines is 1. The average molecular weight is 328 g/mol. The molecule has 0 aliphatic heterocycles. The smallest absolute Gasteiger partial charge is 0.271 e. The Kier molecular flexibility index (Phi) is 5.89. The molecule has 24 heavy (non-hydrogen) atoms. The van der Waals surface area contributed by atoms with Crippen LogP contribution in [-0.2, 0) is 11.2 Å². The van der Waals surface area contributed by atoms with Crippen LogP contribution in [-0.4, -0.2) is 16.9 Å². The molecule has 0 heterocycles. The molecule has 2 aromatic carbocycles. The second-order valence-corrected chi connectivity index (χ2v) is 5.31. The van der Waals surface area contributed by atoms with Gasteiger partial charge in [-0.2, -0.15) is 0 Å². The van der Waals surface area contributed by atoms with Crippen molar-refractivity contribution in [3.05, 3.63) is 64.2 Å². The van der Waals surface area contributed by atoms with E-state index in [-0.39, 0.29) is 11.6 Å². The summed E-state index contributed by atoms with van der Waals surface area (Å²) >= 11 is 0. The summed E-state index contributed by atoms with van der Waals surface area (Å²) in [6, 6.07) is 13.4. The van der Waals surface area contributed by atoms with Crippen molar-refractivity contribution in [3.8, 4) is 5.75 Å². The van der Waals surface area contributed by atoms with E-state index in [0.717, 1.165) is 6.42 Å². The van der Waals surface area contributed by atoms with E-state index in [1.165, 1.54) is 23.8 Å². The van der Waals surface area contributed by atoms with Crippen molar-refractivity contribution < 1.29 is 14.5 Å². The van der Waals surface area contributed by atoms with E-state index < -0.39 is 11.0 Å². The zero-order valence-electron chi connectivity index (χ0n) is 13.7. The van der Waals surface area contributed by atoms with Crippen molar-refractivity contribution in [1.29, 1.82) is 0 Å². The number of nitrogens with one attached hydrogen (secondary N) is 1. The fourth-order valence-corrected chi connectivity index (χ4v) is 2.21. The van der Waals surface area contributed by atoms with Crippen molar-refractivity contribution in [2.75, 3.05) is 5.32 Å². The van der Waals surface area contributed by atoms with Crippen LogP contribution in [0.4, 0.5) is 11.4 Å². The fourth-order valence-electron chi connectivity index (χ4n) is 2.21. The second-order valence-electron chi connectivity index (χ2n) is 5.31. The number of hydrogen-bond donors (Lipinski definition) is 1. The van der Waals surface area contributed by atoms with Gasteiger partial charge >= 0.3 is 0 Å². The lowest BCUT2D eigenvalue weighted by Crippen LogP contribution is -2.32. The van der Waals surface area contributed by atoms with Crippen molar-refractivity contribution >= 4 is 17.3 Å². The summed E-state index contributed by atoms with van der Waals surface area (Å²) in [6.45, 7) is 3.91. The van der Waals surface area contributed by atoms with Crippen molar-refractivity contribution in [2.24, 2.45) is 0 Å². The quantitative estimate of drug-likeness (QED) is 0.616. The molecule has 126 valence electrons. The first-order chi connectivity index (χ1) is 11.5. The molecule has 0 bridgehead atoms. The SMILES string of the molecule is CCc1ccc(OC(CC)C(=O)Nc2cccc([N+](=O)[O-])c2)cc1. The molecule has 0 aromatic heterocycles. The van der Waals surface area contributed by atoms with Crippen LogP contribution in [0.3, 0.4) is 0 Å². The van der Waals surface area contributed by atoms with Gasteiger partial charge in [0.15, 0.2) is 6.10 Å². The Labute approximate surface area is 140 Å². The third-order valence-corrected chi connectivity index (χ3v) is 3.60. The van der Waals surface area contributed by atoms with Gasteiger partial charge in [-0.3, -0.25) is 14.9 Å². The molecule has 1 unspecified atom stereocenters. The summed E-state index contributed by atoms with van der Waals surface area (Å²) in [5, 5.41) is 13.5. The average Bonchev–Trinajstić information content (AvgIpc) is 2.60. The Morgan fingerprint density at radius 3 is 2.50 bits per heavy atom. The maximum absolute atomic E-state index is 12.3. The number of benzene rings is 2. The second kappa shape index (κ2) is 8.10. The number of nitrogens with zero attached hydrogens (tertiary/aromatic N) is 1. The van der Waals surface area contributed by atoms with Crippen LogP contribution in [0.5, 0.6) is 5.75 Å². The molecule has 1 atom stereocenters. The van der Waals surface area contributed by atoms with E-state index in [9.17, 15) is 14.9 Å². The number of carbonyl (C=O) groups excluding carboxylic acids is 1. The van der Waals surface area contributed by atoms with Gasteiger partial charge in [-0.25, -0.2) is 0 Å². The van der Waals surface area contributed by atoms with Gasteiger partial charge in [0.2, 0.25) is 0 Å². The van der Waals surface area contributed by atoms with Crippen LogP contribution < -0.4 is 10.1 Å². The number of rotatable bonds is 7. The summed E-state index contributed by atoms with van der Waals surface area (Å²) in [7, 11) is 0. The molecule has 0 aliphatic rings. The van der Waals surface area contributed by atoms with E-state index in [1.54, 1.807) is 6.07 Å². The summed E-state index contributed by atoms with van der Waals surface area (Å²) in [4.78, 5) is 22.6. The molecule has 1 amide bonds. The topological polar surface area (TPSA) is 81.5 Å². The first-order valence-corrected chi connectivity index (χ1v) is 7.84. The lowest BCUT2D eigenvalue weighted by atomic mass is 10.1. The highest BCUT2D eigenvalue weighted by Gasteiger charge is 2.19. The number of amides is 1. The predicted octanol–water partition coefficient (Wildman–Crippen LogP) is 3.95. The molecule has 0 saturated heterocycles. The van der Waals surface area contributed by atoms with Crippen molar-refractivity contribution in [2.45, 2.75) is 32.8 Å². The van der Waals surface area contributed by atoms with Crippen molar-refractivity contribution in [1.82, 2.24) is 0 Å². The van der Waals surface area contributed by atoms with E-state index in [1.807, 2.05) is 31.2 Å². The third kappa shape index (κ3) is 4.55. The highest BCUT2D eigenvalue weighted by Crippen LogP contribution is 2.19. The van der Waals surface area contributed by atoms with Gasteiger partial charge in [0, 0.05) is 17.8 Å². The van der Waals surface area contributed by atoms with E-state index in [2.05, 4.69) is 12.2 Å². The van der Waals surface area contributed by atoms with Crippen LogP contribution in [0.25, 0.3) is 0 Å². The summed E-state index contributed by atoms with van der Waals surface area (Å²) in [6.07, 6.45) is 0.748. The monoisotopic (exact) mass is 328 g/mol. The first kappa shape index (κ1) is 17.5. The van der Waals surface area contributed by atoms with Gasteiger partial charge in [-0.1, -0.05) is 32.0 Å². The number of nitro groups is 1. The van der Waals surface area contributed by atoms with Crippen LogP contribution in [0.1, 0.15) is 25.8 Å². The summed E-state index contributed by atoms with van der Waals surface area (Å²) in [5.74, 6) is 0.283. The summed E-state index contributed by atoms with van der Waals surface area (Å²) < 4.78 is 5.73. The highest BCUT2D eigenvalue weighted by atomic mass is 16.6. The molecule has 1 N–H and O–H groups in total. The normalized spacial score (nSPS) is 11.6. The Morgan fingerprint density at radius 1 is 1.21 bits per heavy atom. The maximum atomic E-state index is 12.3. The molecule has 6 nitrogen and oxygen atoms in total. The standard InChI is InChI=1S/C18H20N2O4/c1-3-13-8-10-16(11-9-13)24-17(4-2)18(21)19-14-6-5-7-15(12-14)20(22)23/h5-12,17H,3-4H2,1-2H3,(H,19,21). The van der Waals surface area contributed by atoms with Crippen LogP contribution in [0, 0.1) is 10.1 Å². The number of aryl methyl sites for hydroxylation is 1. The van der Waals surface area contributed by atoms with Crippen molar-refractivity contribution in [3.63, 3.8) is 0 Å². The Bertz CT molecular complexity index is 713. The zero-order chi connectivity index (χ0) is 17.5. The molecule has 0 saturated carbocycles. The van der Waals surface area contributed by atoms with Crippen LogP contribution >= 0.6 is 0 Å². The largest absolute Gasteiger partial charge is 0.481 e. The minimum absolute atomic E-state index is 0.0723. The Morgan fingerprint density at radius 2 is 1.92 bits per heavy atom. The number of ether oxygens (including phenoxy) is 1.